The lowest BCUT2D eigenvalue weighted by Crippen LogP contribution is -2.16. The zero-order valence-electron chi connectivity index (χ0n) is 11.3. The number of hydrogen-bond acceptors (Lipinski definition) is 3. The van der Waals surface area contributed by atoms with Crippen LogP contribution in [0.15, 0.2) is 24.3 Å². The molecule has 0 aliphatic carbocycles. The Morgan fingerprint density at radius 3 is 2.24 bits per heavy atom. The number of ether oxygens (including phenoxy) is 1. The Bertz CT molecular complexity index is 619. The smallest absolute Gasteiger partial charge is 0.406 e. The van der Waals surface area contributed by atoms with Crippen molar-refractivity contribution in [2.24, 2.45) is 0 Å². The van der Waals surface area contributed by atoms with E-state index in [-0.39, 0.29) is 5.75 Å². The molecule has 0 amide bonds. The van der Waals surface area contributed by atoms with Crippen LogP contribution in [-0.4, -0.2) is 16.3 Å². The lowest BCUT2D eigenvalue weighted by Gasteiger charge is -2.10. The molecule has 0 aliphatic rings. The van der Waals surface area contributed by atoms with Crippen molar-refractivity contribution in [3.8, 4) is 17.1 Å². The van der Waals surface area contributed by atoms with Crippen LogP contribution in [0.25, 0.3) is 11.4 Å². The fourth-order valence-corrected chi connectivity index (χ4v) is 2.25. The number of aryl methyl sites for hydroxylation is 1. The van der Waals surface area contributed by atoms with Crippen molar-refractivity contribution in [3.63, 3.8) is 0 Å². The molecule has 1 aromatic carbocycles. The molecule has 0 N–H and O–H groups in total. The molecule has 0 atom stereocenters. The predicted molar refractivity (Wildman–Crippen MR) is 73.3 cm³/mol. The zero-order chi connectivity index (χ0) is 15.6. The minimum Gasteiger partial charge on any atom is -0.406 e. The monoisotopic (exact) mass is 316 g/mol. The largest absolute Gasteiger partial charge is 0.573 e. The first kappa shape index (κ1) is 15.6. The second-order valence-corrected chi connectivity index (χ2v) is 4.69. The Hall–Kier alpha value is -1.82. The zero-order valence-corrected chi connectivity index (χ0v) is 12.1. The minimum absolute atomic E-state index is 0.292. The summed E-state index contributed by atoms with van der Waals surface area (Å²) < 4.78 is 40.1. The summed E-state index contributed by atoms with van der Waals surface area (Å²) in [7, 11) is 0. The van der Waals surface area contributed by atoms with Crippen LogP contribution in [0.2, 0.25) is 5.15 Å². The van der Waals surface area contributed by atoms with E-state index in [2.05, 4.69) is 14.7 Å². The van der Waals surface area contributed by atoms with Gasteiger partial charge in [0.15, 0.2) is 5.82 Å². The molecule has 1 heterocycles. The Kier molecular flexibility index (Phi) is 4.37. The molecule has 0 spiro atoms. The highest BCUT2D eigenvalue weighted by molar-refractivity contribution is 6.30. The maximum atomic E-state index is 12.1. The number of halogens is 4. The van der Waals surface area contributed by atoms with Gasteiger partial charge in [-0.25, -0.2) is 9.97 Å². The Balaban J connectivity index is 2.31. The molecule has 3 nitrogen and oxygen atoms in total. The maximum absolute atomic E-state index is 12.1. The molecular weight excluding hydrogens is 305 g/mol. The fourth-order valence-electron chi connectivity index (χ4n) is 1.90. The van der Waals surface area contributed by atoms with Crippen molar-refractivity contribution in [1.82, 2.24) is 9.97 Å². The van der Waals surface area contributed by atoms with E-state index in [9.17, 15) is 13.2 Å². The topological polar surface area (TPSA) is 35.0 Å². The summed E-state index contributed by atoms with van der Waals surface area (Å²) in [6, 6.07) is 5.34. The van der Waals surface area contributed by atoms with Crippen molar-refractivity contribution >= 4 is 11.6 Å². The molecule has 0 aliphatic heterocycles. The van der Waals surface area contributed by atoms with Crippen LogP contribution in [0.3, 0.4) is 0 Å². The summed E-state index contributed by atoms with van der Waals surface area (Å²) >= 11 is 6.08. The summed E-state index contributed by atoms with van der Waals surface area (Å²) in [6.45, 7) is 3.76. The average Bonchev–Trinajstić information content (AvgIpc) is 2.37. The second kappa shape index (κ2) is 5.89. The van der Waals surface area contributed by atoms with E-state index in [1.54, 1.807) is 0 Å². The van der Waals surface area contributed by atoms with Gasteiger partial charge >= 0.3 is 6.36 Å². The average molecular weight is 317 g/mol. The van der Waals surface area contributed by atoms with Crippen molar-refractivity contribution in [2.45, 2.75) is 26.6 Å². The summed E-state index contributed by atoms with van der Waals surface area (Å²) in [5, 5.41) is 0.357. The molecule has 21 heavy (non-hydrogen) atoms. The second-order valence-electron chi connectivity index (χ2n) is 4.33. The third-order valence-electron chi connectivity index (χ3n) is 2.86. The van der Waals surface area contributed by atoms with Gasteiger partial charge in [0.25, 0.3) is 0 Å². The molecule has 1 aromatic heterocycles. The quantitative estimate of drug-likeness (QED) is 0.778. The van der Waals surface area contributed by atoms with E-state index in [1.807, 2.05) is 13.8 Å². The highest BCUT2D eigenvalue weighted by atomic mass is 35.5. The van der Waals surface area contributed by atoms with Crippen LogP contribution >= 0.6 is 11.6 Å². The van der Waals surface area contributed by atoms with Gasteiger partial charge in [-0.05, 0) is 37.6 Å². The van der Waals surface area contributed by atoms with E-state index in [0.29, 0.717) is 23.0 Å². The number of hydrogen-bond donors (Lipinski definition) is 0. The van der Waals surface area contributed by atoms with Crippen LogP contribution in [0.5, 0.6) is 5.75 Å². The van der Waals surface area contributed by atoms with Gasteiger partial charge in [0, 0.05) is 16.8 Å². The molecule has 2 rings (SSSR count). The number of rotatable bonds is 3. The van der Waals surface area contributed by atoms with Crippen LogP contribution in [0, 0.1) is 6.92 Å². The lowest BCUT2D eigenvalue weighted by atomic mass is 10.1. The predicted octanol–water partition coefficient (Wildman–Crippen LogP) is 4.57. The SMILES string of the molecule is CCc1c(C)nc(-c2ccc(OC(F)(F)F)cc2)nc1Cl. The summed E-state index contributed by atoms with van der Waals surface area (Å²) in [5.74, 6) is 0.0764. The highest BCUT2D eigenvalue weighted by Gasteiger charge is 2.31. The van der Waals surface area contributed by atoms with E-state index >= 15 is 0 Å². The van der Waals surface area contributed by atoms with Crippen molar-refractivity contribution in [3.05, 3.63) is 40.7 Å². The molecule has 2 aromatic rings. The van der Waals surface area contributed by atoms with Gasteiger partial charge in [-0.2, -0.15) is 0 Å². The molecule has 0 fully saturated rings. The van der Waals surface area contributed by atoms with Gasteiger partial charge in [-0.1, -0.05) is 18.5 Å². The normalized spacial score (nSPS) is 11.5. The highest BCUT2D eigenvalue weighted by Crippen LogP contribution is 2.27. The van der Waals surface area contributed by atoms with E-state index in [1.165, 1.54) is 24.3 Å². The van der Waals surface area contributed by atoms with Crippen LogP contribution in [-0.2, 0) is 6.42 Å². The van der Waals surface area contributed by atoms with Gasteiger partial charge in [0.05, 0.1) is 0 Å². The van der Waals surface area contributed by atoms with Gasteiger partial charge in [-0.3, -0.25) is 0 Å². The first-order valence-electron chi connectivity index (χ1n) is 6.19. The van der Waals surface area contributed by atoms with Gasteiger partial charge in [-0.15, -0.1) is 13.2 Å². The van der Waals surface area contributed by atoms with Gasteiger partial charge in [0.1, 0.15) is 10.9 Å². The first-order valence-corrected chi connectivity index (χ1v) is 6.57. The lowest BCUT2D eigenvalue weighted by molar-refractivity contribution is -0.274. The molecular formula is C14H12ClF3N2O. The standard InChI is InChI=1S/C14H12ClF3N2O/c1-3-11-8(2)19-13(20-12(11)15)9-4-6-10(7-5-9)21-14(16,17)18/h4-7H,3H2,1-2H3. The Morgan fingerprint density at radius 2 is 1.76 bits per heavy atom. The maximum Gasteiger partial charge on any atom is 0.573 e. The summed E-state index contributed by atoms with van der Waals surface area (Å²) in [5.41, 5.74) is 2.18. The van der Waals surface area contributed by atoms with E-state index < -0.39 is 6.36 Å². The summed E-state index contributed by atoms with van der Waals surface area (Å²) in [4.78, 5) is 8.49. The fraction of sp³-hybridized carbons (Fsp3) is 0.286. The van der Waals surface area contributed by atoms with Gasteiger partial charge in [0.2, 0.25) is 0 Å². The van der Waals surface area contributed by atoms with E-state index in [4.69, 9.17) is 11.6 Å². The molecule has 0 saturated heterocycles. The molecule has 112 valence electrons. The van der Waals surface area contributed by atoms with E-state index in [0.717, 1.165) is 11.3 Å². The molecule has 0 saturated carbocycles. The minimum atomic E-state index is -4.71. The number of benzene rings is 1. The van der Waals surface area contributed by atoms with Crippen molar-refractivity contribution < 1.29 is 17.9 Å². The molecule has 0 unspecified atom stereocenters. The number of alkyl halides is 3. The number of nitrogens with zero attached hydrogens (tertiary/aromatic N) is 2. The third-order valence-corrected chi connectivity index (χ3v) is 3.18. The summed E-state index contributed by atoms with van der Waals surface area (Å²) in [6.07, 6.45) is -4.00. The molecule has 0 radical (unpaired) electrons. The Labute approximate surface area is 124 Å². The van der Waals surface area contributed by atoms with Crippen LogP contribution in [0.4, 0.5) is 13.2 Å². The molecule has 0 bridgehead atoms. The number of aromatic nitrogens is 2. The molecule has 7 heteroatoms. The van der Waals surface area contributed by atoms with Crippen LogP contribution in [0.1, 0.15) is 18.2 Å². The van der Waals surface area contributed by atoms with Gasteiger partial charge < -0.3 is 4.74 Å². The van der Waals surface area contributed by atoms with Crippen LogP contribution < -0.4 is 4.74 Å². The third kappa shape index (κ3) is 3.85. The van der Waals surface area contributed by atoms with Crippen molar-refractivity contribution in [1.29, 1.82) is 0 Å². The first-order chi connectivity index (χ1) is 9.80. The Morgan fingerprint density at radius 1 is 1.14 bits per heavy atom. The van der Waals surface area contributed by atoms with Crippen molar-refractivity contribution in [2.75, 3.05) is 0 Å².